The van der Waals surface area contributed by atoms with Crippen LogP contribution in [0.4, 0.5) is 13.2 Å². The number of rotatable bonds is 6. The largest absolute Gasteiger partial charge is 0.484 e. The number of aliphatic hydroxyl groups excluding tert-OH is 1. The van der Waals surface area contributed by atoms with Gasteiger partial charge in [0, 0.05) is 39.3 Å². The van der Waals surface area contributed by atoms with Crippen molar-refractivity contribution in [1.82, 2.24) is 9.80 Å². The molecule has 2 rings (SSSR count). The van der Waals surface area contributed by atoms with Gasteiger partial charge in [0.15, 0.2) is 6.61 Å². The minimum absolute atomic E-state index is 0.243. The second kappa shape index (κ2) is 7.99. The molecule has 0 aliphatic carbocycles. The maximum Gasteiger partial charge on any atom is 0.422 e. The van der Waals surface area contributed by atoms with E-state index in [1.54, 1.807) is 19.1 Å². The third-order valence-electron chi connectivity index (χ3n) is 3.69. The Labute approximate surface area is 134 Å². The molecule has 1 aromatic rings. The molecule has 1 N–H and O–H groups in total. The molecule has 0 bridgehead atoms. The van der Waals surface area contributed by atoms with Crippen molar-refractivity contribution in [3.8, 4) is 5.75 Å². The molecule has 1 fully saturated rings. The summed E-state index contributed by atoms with van der Waals surface area (Å²) < 4.78 is 41.3. The second-order valence-electron chi connectivity index (χ2n) is 5.98. The van der Waals surface area contributed by atoms with Gasteiger partial charge in [-0.15, -0.1) is 0 Å². The van der Waals surface area contributed by atoms with Crippen LogP contribution >= 0.6 is 0 Å². The van der Waals surface area contributed by atoms with Crippen LogP contribution in [0.25, 0.3) is 0 Å². The van der Waals surface area contributed by atoms with Crippen molar-refractivity contribution in [3.05, 3.63) is 29.8 Å². The molecule has 1 aliphatic heterocycles. The summed E-state index contributed by atoms with van der Waals surface area (Å²) in [6.07, 6.45) is -4.65. The number of piperazine rings is 1. The molecule has 1 aromatic carbocycles. The smallest absolute Gasteiger partial charge is 0.422 e. The third-order valence-corrected chi connectivity index (χ3v) is 3.69. The summed E-state index contributed by atoms with van der Waals surface area (Å²) in [5.74, 6) is 0.243. The monoisotopic (exact) mass is 332 g/mol. The fourth-order valence-electron chi connectivity index (χ4n) is 2.66. The number of hydrogen-bond acceptors (Lipinski definition) is 4. The molecule has 130 valence electrons. The van der Waals surface area contributed by atoms with Crippen LogP contribution in [-0.2, 0) is 6.54 Å². The van der Waals surface area contributed by atoms with Gasteiger partial charge in [0.05, 0.1) is 6.10 Å². The van der Waals surface area contributed by atoms with Crippen LogP contribution in [0.1, 0.15) is 12.5 Å². The summed E-state index contributed by atoms with van der Waals surface area (Å²) in [6.45, 7) is 5.39. The van der Waals surface area contributed by atoms with Crippen molar-refractivity contribution in [1.29, 1.82) is 0 Å². The van der Waals surface area contributed by atoms with E-state index >= 15 is 0 Å². The average molecular weight is 332 g/mol. The van der Waals surface area contributed by atoms with Crippen molar-refractivity contribution in [3.63, 3.8) is 0 Å². The summed E-state index contributed by atoms with van der Waals surface area (Å²) in [5.41, 5.74) is 0.939. The molecule has 1 aliphatic rings. The lowest BCUT2D eigenvalue weighted by atomic mass is 10.2. The van der Waals surface area contributed by atoms with E-state index in [4.69, 9.17) is 4.74 Å². The quantitative estimate of drug-likeness (QED) is 0.866. The highest BCUT2D eigenvalue weighted by molar-refractivity contribution is 5.28. The van der Waals surface area contributed by atoms with Gasteiger partial charge in [-0.3, -0.25) is 9.80 Å². The Morgan fingerprint density at radius 2 is 1.83 bits per heavy atom. The van der Waals surface area contributed by atoms with Crippen molar-refractivity contribution in [2.24, 2.45) is 0 Å². The molecule has 1 atom stereocenters. The first kappa shape index (κ1) is 18.0. The lowest BCUT2D eigenvalue weighted by Crippen LogP contribution is -2.47. The second-order valence-corrected chi connectivity index (χ2v) is 5.98. The maximum atomic E-state index is 12.2. The Balaban J connectivity index is 1.82. The summed E-state index contributed by atoms with van der Waals surface area (Å²) in [4.78, 5) is 4.46. The lowest BCUT2D eigenvalue weighted by molar-refractivity contribution is -0.153. The number of β-amino-alcohol motifs (C(OH)–C–C–N with tert-alkyl or cyclic N) is 1. The van der Waals surface area contributed by atoms with Crippen molar-refractivity contribution in [2.45, 2.75) is 25.7 Å². The van der Waals surface area contributed by atoms with E-state index in [0.29, 0.717) is 13.1 Å². The maximum absolute atomic E-state index is 12.2. The van der Waals surface area contributed by atoms with Gasteiger partial charge in [-0.1, -0.05) is 12.1 Å². The van der Waals surface area contributed by atoms with Crippen LogP contribution in [0.2, 0.25) is 0 Å². The van der Waals surface area contributed by atoms with Crippen molar-refractivity contribution in [2.75, 3.05) is 39.3 Å². The Kier molecular flexibility index (Phi) is 6.26. The number of hydrogen-bond donors (Lipinski definition) is 1. The van der Waals surface area contributed by atoms with E-state index < -0.39 is 12.8 Å². The predicted octanol–water partition coefficient (Wildman–Crippen LogP) is 2.13. The number of benzene rings is 1. The molecular formula is C16H23F3N2O2. The Bertz CT molecular complexity index is 486. The first-order valence-corrected chi connectivity index (χ1v) is 7.73. The van der Waals surface area contributed by atoms with E-state index in [0.717, 1.165) is 31.7 Å². The number of nitrogens with zero attached hydrogens (tertiary/aromatic N) is 2. The minimum atomic E-state index is -4.32. The molecule has 7 heteroatoms. The van der Waals surface area contributed by atoms with E-state index in [-0.39, 0.29) is 11.9 Å². The number of ether oxygens (including phenoxy) is 1. The van der Waals surface area contributed by atoms with Gasteiger partial charge in [-0.25, -0.2) is 0 Å². The van der Waals surface area contributed by atoms with Crippen LogP contribution in [0.5, 0.6) is 5.75 Å². The first-order chi connectivity index (χ1) is 10.8. The number of halogens is 3. The van der Waals surface area contributed by atoms with E-state index in [1.165, 1.54) is 6.07 Å². The average Bonchev–Trinajstić information content (AvgIpc) is 2.46. The normalized spacial score (nSPS) is 18.8. The number of aliphatic hydroxyl groups is 1. The minimum Gasteiger partial charge on any atom is -0.484 e. The topological polar surface area (TPSA) is 35.9 Å². The molecule has 0 saturated carbocycles. The molecule has 0 radical (unpaired) electrons. The number of alkyl halides is 3. The van der Waals surface area contributed by atoms with Crippen molar-refractivity contribution < 1.29 is 23.0 Å². The molecule has 1 heterocycles. The van der Waals surface area contributed by atoms with Gasteiger partial charge in [-0.2, -0.15) is 13.2 Å². The van der Waals surface area contributed by atoms with E-state index in [2.05, 4.69) is 9.80 Å². The summed E-state index contributed by atoms with van der Waals surface area (Å²) >= 11 is 0. The Morgan fingerprint density at radius 3 is 2.43 bits per heavy atom. The van der Waals surface area contributed by atoms with Gasteiger partial charge in [0.1, 0.15) is 5.75 Å². The molecule has 4 nitrogen and oxygen atoms in total. The standard InChI is InChI=1S/C16H23F3N2O2/c1-13(22)10-20-5-7-21(8-6-20)11-14-3-2-4-15(9-14)23-12-16(17,18)19/h2-4,9,13,22H,5-8,10-12H2,1H3. The molecular weight excluding hydrogens is 309 g/mol. The highest BCUT2D eigenvalue weighted by atomic mass is 19.4. The van der Waals surface area contributed by atoms with Crippen LogP contribution in [0.3, 0.4) is 0 Å². The molecule has 0 spiro atoms. The van der Waals surface area contributed by atoms with E-state index in [1.807, 2.05) is 6.07 Å². The van der Waals surface area contributed by atoms with Gasteiger partial charge in [0.25, 0.3) is 0 Å². The summed E-state index contributed by atoms with van der Waals surface area (Å²) in [7, 11) is 0. The Morgan fingerprint density at radius 1 is 1.17 bits per heavy atom. The third kappa shape index (κ3) is 6.76. The molecule has 23 heavy (non-hydrogen) atoms. The van der Waals surface area contributed by atoms with Gasteiger partial charge in [0.2, 0.25) is 0 Å². The van der Waals surface area contributed by atoms with Gasteiger partial charge >= 0.3 is 6.18 Å². The van der Waals surface area contributed by atoms with Crippen LogP contribution in [0, 0.1) is 0 Å². The fraction of sp³-hybridized carbons (Fsp3) is 0.625. The first-order valence-electron chi connectivity index (χ1n) is 7.73. The lowest BCUT2D eigenvalue weighted by Gasteiger charge is -2.35. The SMILES string of the molecule is CC(O)CN1CCN(Cc2cccc(OCC(F)(F)F)c2)CC1. The Hall–Kier alpha value is -1.31. The zero-order valence-electron chi connectivity index (χ0n) is 13.2. The fourth-order valence-corrected chi connectivity index (χ4v) is 2.66. The van der Waals surface area contributed by atoms with Crippen LogP contribution < -0.4 is 4.74 Å². The molecule has 0 amide bonds. The summed E-state index contributed by atoms with van der Waals surface area (Å²) in [5, 5.41) is 9.39. The van der Waals surface area contributed by atoms with Crippen LogP contribution in [-0.4, -0.2) is 66.5 Å². The van der Waals surface area contributed by atoms with E-state index in [9.17, 15) is 18.3 Å². The highest BCUT2D eigenvalue weighted by Crippen LogP contribution is 2.20. The highest BCUT2D eigenvalue weighted by Gasteiger charge is 2.28. The van der Waals surface area contributed by atoms with Gasteiger partial charge < -0.3 is 9.84 Å². The zero-order chi connectivity index (χ0) is 16.9. The molecule has 1 saturated heterocycles. The molecule has 1 unspecified atom stereocenters. The zero-order valence-corrected chi connectivity index (χ0v) is 13.2. The molecule has 0 aromatic heterocycles. The van der Waals surface area contributed by atoms with Gasteiger partial charge in [-0.05, 0) is 24.6 Å². The summed E-state index contributed by atoms with van der Waals surface area (Å²) in [6, 6.07) is 6.80. The van der Waals surface area contributed by atoms with Crippen molar-refractivity contribution >= 4 is 0 Å². The van der Waals surface area contributed by atoms with Crippen LogP contribution in [0.15, 0.2) is 24.3 Å². The predicted molar refractivity (Wildman–Crippen MR) is 81.4 cm³/mol.